The quantitative estimate of drug-likeness (QED) is 0.768. The summed E-state index contributed by atoms with van der Waals surface area (Å²) in [7, 11) is 0. The maximum absolute atomic E-state index is 3.59. The van der Waals surface area contributed by atoms with Gasteiger partial charge < -0.3 is 10.3 Å². The van der Waals surface area contributed by atoms with Gasteiger partial charge in [-0.15, -0.1) is 0 Å². The number of aryl methyl sites for hydroxylation is 2. The van der Waals surface area contributed by atoms with Crippen LogP contribution in [0.2, 0.25) is 0 Å². The Labute approximate surface area is 101 Å². The minimum atomic E-state index is 0.589. The standard InChI is InChI=1S/C15H18N2/c1-3-11-12-9-10(13-5-2-8-16-13)6-7-15(12)17-14(11)4-1/h6-7,9,13,16-17H,1-5,8H2. The molecule has 0 saturated carbocycles. The van der Waals surface area contributed by atoms with Crippen LogP contribution in [-0.4, -0.2) is 11.5 Å². The molecule has 0 spiro atoms. The summed E-state index contributed by atoms with van der Waals surface area (Å²) in [5.74, 6) is 0. The molecule has 1 fully saturated rings. The van der Waals surface area contributed by atoms with Crippen LogP contribution in [0.15, 0.2) is 18.2 Å². The van der Waals surface area contributed by atoms with Crippen LogP contribution in [0.4, 0.5) is 0 Å². The molecule has 1 aromatic heterocycles. The van der Waals surface area contributed by atoms with Crippen molar-refractivity contribution in [1.29, 1.82) is 0 Å². The van der Waals surface area contributed by atoms with Crippen LogP contribution in [0.25, 0.3) is 10.9 Å². The monoisotopic (exact) mass is 226 g/mol. The summed E-state index contributed by atoms with van der Waals surface area (Å²) in [4.78, 5) is 3.57. The molecule has 2 nitrogen and oxygen atoms in total. The second kappa shape index (κ2) is 3.61. The van der Waals surface area contributed by atoms with Gasteiger partial charge in [-0.05, 0) is 61.9 Å². The number of aromatic amines is 1. The van der Waals surface area contributed by atoms with E-state index in [1.165, 1.54) is 60.8 Å². The number of fused-ring (bicyclic) bond motifs is 3. The van der Waals surface area contributed by atoms with Crippen molar-refractivity contribution >= 4 is 10.9 Å². The van der Waals surface area contributed by atoms with Crippen molar-refractivity contribution in [3.8, 4) is 0 Å². The van der Waals surface area contributed by atoms with Gasteiger partial charge >= 0.3 is 0 Å². The van der Waals surface area contributed by atoms with Crippen LogP contribution in [0.3, 0.4) is 0 Å². The molecule has 0 radical (unpaired) electrons. The Morgan fingerprint density at radius 1 is 1.12 bits per heavy atom. The molecule has 2 aliphatic rings. The Bertz CT molecular complexity index is 562. The lowest BCUT2D eigenvalue weighted by Gasteiger charge is -2.10. The maximum Gasteiger partial charge on any atom is 0.0459 e. The lowest BCUT2D eigenvalue weighted by atomic mass is 10.0. The third-order valence-corrected chi connectivity index (χ3v) is 4.33. The predicted molar refractivity (Wildman–Crippen MR) is 70.3 cm³/mol. The first-order chi connectivity index (χ1) is 8.42. The van der Waals surface area contributed by atoms with Crippen molar-refractivity contribution in [2.24, 2.45) is 0 Å². The van der Waals surface area contributed by atoms with E-state index in [9.17, 15) is 0 Å². The number of rotatable bonds is 1. The Kier molecular flexibility index (Phi) is 2.06. The molecule has 1 aromatic carbocycles. The summed E-state index contributed by atoms with van der Waals surface area (Å²) in [6.45, 7) is 1.17. The van der Waals surface area contributed by atoms with E-state index >= 15 is 0 Å². The van der Waals surface area contributed by atoms with E-state index in [-0.39, 0.29) is 0 Å². The molecule has 1 aliphatic heterocycles. The number of hydrogen-bond donors (Lipinski definition) is 2. The fraction of sp³-hybridized carbons (Fsp3) is 0.467. The van der Waals surface area contributed by atoms with E-state index in [4.69, 9.17) is 0 Å². The molecule has 88 valence electrons. The SMILES string of the molecule is c1cc2[nH]c3c(c2cc1C1CCCN1)CCC3. The van der Waals surface area contributed by atoms with Gasteiger partial charge in [0.05, 0.1) is 0 Å². The molecule has 1 aliphatic carbocycles. The smallest absolute Gasteiger partial charge is 0.0459 e. The largest absolute Gasteiger partial charge is 0.358 e. The van der Waals surface area contributed by atoms with Crippen molar-refractivity contribution in [1.82, 2.24) is 10.3 Å². The molecule has 4 rings (SSSR count). The van der Waals surface area contributed by atoms with Gasteiger partial charge in [0.1, 0.15) is 0 Å². The van der Waals surface area contributed by atoms with Gasteiger partial charge in [-0.2, -0.15) is 0 Å². The van der Waals surface area contributed by atoms with E-state index in [0.717, 1.165) is 0 Å². The van der Waals surface area contributed by atoms with Crippen molar-refractivity contribution in [2.75, 3.05) is 6.54 Å². The molecule has 0 bridgehead atoms. The van der Waals surface area contributed by atoms with E-state index in [1.807, 2.05) is 0 Å². The van der Waals surface area contributed by atoms with Gasteiger partial charge in [0.2, 0.25) is 0 Å². The van der Waals surface area contributed by atoms with Crippen LogP contribution < -0.4 is 5.32 Å². The third-order valence-electron chi connectivity index (χ3n) is 4.33. The van der Waals surface area contributed by atoms with Gasteiger partial charge in [-0.1, -0.05) is 6.07 Å². The predicted octanol–water partition coefficient (Wildman–Crippen LogP) is 3.08. The fourth-order valence-electron chi connectivity index (χ4n) is 3.45. The van der Waals surface area contributed by atoms with Crippen LogP contribution in [0, 0.1) is 0 Å². The normalized spacial score (nSPS) is 23.4. The highest BCUT2D eigenvalue weighted by molar-refractivity contribution is 5.86. The molecule has 1 atom stereocenters. The van der Waals surface area contributed by atoms with Crippen molar-refractivity contribution in [2.45, 2.75) is 38.1 Å². The van der Waals surface area contributed by atoms with Crippen LogP contribution >= 0.6 is 0 Å². The minimum Gasteiger partial charge on any atom is -0.358 e. The molecule has 2 N–H and O–H groups in total. The molecule has 1 saturated heterocycles. The van der Waals surface area contributed by atoms with Gasteiger partial charge in [0, 0.05) is 22.6 Å². The van der Waals surface area contributed by atoms with Crippen LogP contribution in [0.1, 0.15) is 42.1 Å². The summed E-state index contributed by atoms with van der Waals surface area (Å²) in [6.07, 6.45) is 6.42. The minimum absolute atomic E-state index is 0.589. The molecule has 2 heteroatoms. The highest BCUT2D eigenvalue weighted by Gasteiger charge is 2.20. The Hall–Kier alpha value is -1.28. The van der Waals surface area contributed by atoms with E-state index < -0.39 is 0 Å². The number of nitrogens with one attached hydrogen (secondary N) is 2. The van der Waals surface area contributed by atoms with E-state index in [2.05, 4.69) is 28.5 Å². The zero-order chi connectivity index (χ0) is 11.2. The molecule has 2 aromatic rings. The van der Waals surface area contributed by atoms with Crippen LogP contribution in [0.5, 0.6) is 0 Å². The van der Waals surface area contributed by atoms with E-state index in [1.54, 1.807) is 5.56 Å². The average Bonchev–Trinajstić information content (AvgIpc) is 3.05. The Balaban J connectivity index is 1.84. The summed E-state index contributed by atoms with van der Waals surface area (Å²) < 4.78 is 0. The topological polar surface area (TPSA) is 27.8 Å². The van der Waals surface area contributed by atoms with Crippen molar-refractivity contribution in [3.63, 3.8) is 0 Å². The van der Waals surface area contributed by atoms with Crippen LogP contribution in [-0.2, 0) is 12.8 Å². The number of benzene rings is 1. The first kappa shape index (κ1) is 9.72. The van der Waals surface area contributed by atoms with Gasteiger partial charge in [0.15, 0.2) is 0 Å². The summed E-state index contributed by atoms with van der Waals surface area (Å²) in [5, 5.41) is 5.06. The average molecular weight is 226 g/mol. The molecular formula is C15H18N2. The molecule has 2 heterocycles. The van der Waals surface area contributed by atoms with Gasteiger partial charge in [-0.3, -0.25) is 0 Å². The Morgan fingerprint density at radius 2 is 2.12 bits per heavy atom. The fourth-order valence-corrected chi connectivity index (χ4v) is 3.45. The van der Waals surface area contributed by atoms with Gasteiger partial charge in [0.25, 0.3) is 0 Å². The summed E-state index contributed by atoms with van der Waals surface area (Å²) in [5.41, 5.74) is 5.87. The summed E-state index contributed by atoms with van der Waals surface area (Å²) in [6, 6.07) is 7.56. The molecule has 17 heavy (non-hydrogen) atoms. The lowest BCUT2D eigenvalue weighted by molar-refractivity contribution is 0.648. The van der Waals surface area contributed by atoms with Crippen molar-refractivity contribution in [3.05, 3.63) is 35.0 Å². The summed E-state index contributed by atoms with van der Waals surface area (Å²) >= 11 is 0. The zero-order valence-electron chi connectivity index (χ0n) is 10.1. The second-order valence-electron chi connectivity index (χ2n) is 5.39. The third kappa shape index (κ3) is 1.44. The Morgan fingerprint density at radius 3 is 3.00 bits per heavy atom. The van der Waals surface area contributed by atoms with E-state index in [0.29, 0.717) is 6.04 Å². The molecular weight excluding hydrogens is 208 g/mol. The number of aromatic nitrogens is 1. The lowest BCUT2D eigenvalue weighted by Crippen LogP contribution is -2.12. The highest BCUT2D eigenvalue weighted by atomic mass is 14.9. The zero-order valence-corrected chi connectivity index (χ0v) is 10.1. The highest BCUT2D eigenvalue weighted by Crippen LogP contribution is 2.33. The molecule has 0 amide bonds. The van der Waals surface area contributed by atoms with Gasteiger partial charge in [-0.25, -0.2) is 0 Å². The second-order valence-corrected chi connectivity index (χ2v) is 5.39. The molecule has 1 unspecified atom stereocenters. The van der Waals surface area contributed by atoms with Crippen molar-refractivity contribution < 1.29 is 0 Å². The number of hydrogen-bond acceptors (Lipinski definition) is 1. The number of H-pyrrole nitrogens is 1. The first-order valence-corrected chi connectivity index (χ1v) is 6.78. The first-order valence-electron chi connectivity index (χ1n) is 6.78. The maximum atomic E-state index is 3.59.